The molecular formula is C25H25Cl2N5O2S. The second kappa shape index (κ2) is 9.85. The maximum absolute atomic E-state index is 13.2. The van der Waals surface area contributed by atoms with Gasteiger partial charge >= 0.3 is 0 Å². The fourth-order valence-corrected chi connectivity index (χ4v) is 5.97. The van der Waals surface area contributed by atoms with Gasteiger partial charge in [0.05, 0.1) is 10.6 Å². The summed E-state index contributed by atoms with van der Waals surface area (Å²) in [7, 11) is -3.55. The molecule has 0 saturated carbocycles. The second-order valence-corrected chi connectivity index (χ2v) is 11.7. The van der Waals surface area contributed by atoms with E-state index in [4.69, 9.17) is 28.3 Å². The van der Waals surface area contributed by atoms with Gasteiger partial charge in [-0.1, -0.05) is 65.9 Å². The van der Waals surface area contributed by atoms with Crippen LogP contribution in [0.15, 0.2) is 59.5 Å². The third-order valence-electron chi connectivity index (χ3n) is 6.20. The fourth-order valence-electron chi connectivity index (χ4n) is 4.26. The number of alkyl halides is 2. The highest BCUT2D eigenvalue weighted by Gasteiger charge is 2.25. The number of rotatable bonds is 5. The number of nitrogens with zero attached hydrogens (tertiary/aromatic N) is 5. The quantitative estimate of drug-likeness (QED) is 0.305. The molecule has 7 nitrogen and oxygen atoms in total. The highest BCUT2D eigenvalue weighted by molar-refractivity contribution is 7.89. The zero-order chi connectivity index (χ0) is 24.6. The van der Waals surface area contributed by atoms with Crippen molar-refractivity contribution in [2.24, 2.45) is 0 Å². The van der Waals surface area contributed by atoms with Crippen LogP contribution in [0, 0.1) is 6.92 Å². The third-order valence-corrected chi connectivity index (χ3v) is 8.50. The molecule has 2 aromatic carbocycles. The van der Waals surface area contributed by atoms with Crippen molar-refractivity contribution in [1.82, 2.24) is 23.9 Å². The SMILES string of the molecule is Cc1ccc(-c2cc3nc(C(Cl)Cl)nc(-c4ccc(S(=O)(=O)N5CCCCCC5)cc4)n3n2)cc1. The lowest BCUT2D eigenvalue weighted by Gasteiger charge is -2.20. The lowest BCUT2D eigenvalue weighted by atomic mass is 10.1. The molecule has 1 fully saturated rings. The summed E-state index contributed by atoms with van der Waals surface area (Å²) >= 11 is 12.2. The molecule has 0 N–H and O–H groups in total. The lowest BCUT2D eigenvalue weighted by molar-refractivity contribution is 0.424. The van der Waals surface area contributed by atoms with Gasteiger partial charge in [-0.2, -0.15) is 13.9 Å². The van der Waals surface area contributed by atoms with Crippen molar-refractivity contribution in [2.45, 2.75) is 42.3 Å². The first kappa shape index (κ1) is 24.2. The van der Waals surface area contributed by atoms with Gasteiger partial charge in [0.2, 0.25) is 10.0 Å². The molecular weight excluding hydrogens is 505 g/mol. The van der Waals surface area contributed by atoms with Crippen molar-refractivity contribution < 1.29 is 8.42 Å². The van der Waals surface area contributed by atoms with Gasteiger partial charge < -0.3 is 0 Å². The standard InChI is InChI=1S/C25H25Cl2N5O2S/c1-17-6-8-18(9-7-17)21-16-22-28-24(23(26)27)29-25(32(22)30-21)19-10-12-20(13-11-19)35(33,34)31-14-4-2-3-5-15-31/h6-13,16,23H,2-5,14-15H2,1H3. The Kier molecular flexibility index (Phi) is 6.81. The topological polar surface area (TPSA) is 80.5 Å². The largest absolute Gasteiger partial charge is 0.243 e. The molecule has 0 unspecified atom stereocenters. The summed E-state index contributed by atoms with van der Waals surface area (Å²) in [5, 5.41) is 4.72. The molecule has 1 aliphatic rings. The Labute approximate surface area is 214 Å². The lowest BCUT2D eigenvalue weighted by Crippen LogP contribution is -2.31. The van der Waals surface area contributed by atoms with Gasteiger partial charge in [0.15, 0.2) is 22.1 Å². The van der Waals surface area contributed by atoms with Crippen LogP contribution in [0.3, 0.4) is 0 Å². The maximum atomic E-state index is 13.2. The van der Waals surface area contributed by atoms with E-state index in [0.717, 1.165) is 42.5 Å². The van der Waals surface area contributed by atoms with Gasteiger partial charge in [-0.15, -0.1) is 0 Å². The fraction of sp³-hybridized carbons (Fsp3) is 0.320. The van der Waals surface area contributed by atoms with Crippen LogP contribution in [-0.2, 0) is 10.0 Å². The van der Waals surface area contributed by atoms with Crippen molar-refractivity contribution >= 4 is 38.9 Å². The predicted octanol–water partition coefficient (Wildman–Crippen LogP) is 5.81. The van der Waals surface area contributed by atoms with E-state index in [-0.39, 0.29) is 10.7 Å². The molecule has 3 heterocycles. The Morgan fingerprint density at radius 3 is 2.11 bits per heavy atom. The van der Waals surface area contributed by atoms with Crippen LogP contribution in [0.2, 0.25) is 0 Å². The van der Waals surface area contributed by atoms with Crippen LogP contribution in [-0.4, -0.2) is 45.4 Å². The van der Waals surface area contributed by atoms with Crippen molar-refractivity contribution in [3.05, 3.63) is 66.0 Å². The molecule has 5 rings (SSSR count). The summed E-state index contributed by atoms with van der Waals surface area (Å²) < 4.78 is 29.6. The van der Waals surface area contributed by atoms with Gasteiger partial charge in [-0.25, -0.2) is 18.4 Å². The minimum atomic E-state index is -3.55. The van der Waals surface area contributed by atoms with E-state index in [0.29, 0.717) is 30.1 Å². The molecule has 0 aliphatic carbocycles. The number of benzene rings is 2. The van der Waals surface area contributed by atoms with Crippen LogP contribution in [0.4, 0.5) is 0 Å². The molecule has 35 heavy (non-hydrogen) atoms. The van der Waals surface area contributed by atoms with Crippen LogP contribution in [0.1, 0.15) is 41.9 Å². The minimum absolute atomic E-state index is 0.257. The molecule has 0 amide bonds. The Morgan fingerprint density at radius 2 is 1.49 bits per heavy atom. The monoisotopic (exact) mass is 529 g/mol. The number of sulfonamides is 1. The highest BCUT2D eigenvalue weighted by atomic mass is 35.5. The summed E-state index contributed by atoms with van der Waals surface area (Å²) in [4.78, 5) is 8.37. The molecule has 0 radical (unpaired) electrons. The molecule has 2 aromatic heterocycles. The Bertz CT molecular complexity index is 1440. The summed E-state index contributed by atoms with van der Waals surface area (Å²) in [5.74, 6) is 0.737. The number of halogens is 2. The average Bonchev–Trinajstić information content (AvgIpc) is 3.08. The molecule has 0 bridgehead atoms. The Balaban J connectivity index is 1.56. The average molecular weight is 530 g/mol. The van der Waals surface area contributed by atoms with Crippen LogP contribution < -0.4 is 0 Å². The normalized spacial score (nSPS) is 15.5. The van der Waals surface area contributed by atoms with E-state index in [1.54, 1.807) is 33.1 Å². The zero-order valence-corrected chi connectivity index (χ0v) is 21.6. The van der Waals surface area contributed by atoms with E-state index >= 15 is 0 Å². The van der Waals surface area contributed by atoms with Crippen molar-refractivity contribution in [2.75, 3.05) is 13.1 Å². The van der Waals surface area contributed by atoms with Crippen molar-refractivity contribution in [3.63, 3.8) is 0 Å². The molecule has 1 aliphatic heterocycles. The van der Waals surface area contributed by atoms with Gasteiger partial charge in [-0.05, 0) is 44.0 Å². The van der Waals surface area contributed by atoms with Gasteiger partial charge in [0, 0.05) is 30.3 Å². The minimum Gasteiger partial charge on any atom is -0.211 e. The summed E-state index contributed by atoms with van der Waals surface area (Å²) in [6.07, 6.45) is 3.90. The number of hydrogen-bond acceptors (Lipinski definition) is 5. The predicted molar refractivity (Wildman–Crippen MR) is 138 cm³/mol. The maximum Gasteiger partial charge on any atom is 0.243 e. The van der Waals surface area contributed by atoms with E-state index in [9.17, 15) is 8.42 Å². The molecule has 0 atom stereocenters. The van der Waals surface area contributed by atoms with Crippen molar-refractivity contribution in [3.8, 4) is 22.6 Å². The second-order valence-electron chi connectivity index (χ2n) is 8.71. The van der Waals surface area contributed by atoms with Gasteiger partial charge in [-0.3, -0.25) is 0 Å². The van der Waals surface area contributed by atoms with Crippen LogP contribution in [0.25, 0.3) is 28.3 Å². The van der Waals surface area contributed by atoms with Gasteiger partial charge in [0.25, 0.3) is 0 Å². The summed E-state index contributed by atoms with van der Waals surface area (Å²) in [6, 6.07) is 16.6. The summed E-state index contributed by atoms with van der Waals surface area (Å²) in [5.41, 5.74) is 4.07. The number of fused-ring (bicyclic) bond motifs is 1. The Hall–Kier alpha value is -2.52. The number of aromatic nitrogens is 4. The first-order chi connectivity index (χ1) is 16.8. The van der Waals surface area contributed by atoms with E-state index in [1.165, 1.54) is 0 Å². The highest BCUT2D eigenvalue weighted by Crippen LogP contribution is 2.29. The van der Waals surface area contributed by atoms with Gasteiger partial charge in [0.1, 0.15) is 0 Å². The van der Waals surface area contributed by atoms with E-state index in [1.807, 2.05) is 37.3 Å². The number of aryl methyl sites for hydroxylation is 1. The van der Waals surface area contributed by atoms with Crippen molar-refractivity contribution in [1.29, 1.82) is 0 Å². The molecule has 0 spiro atoms. The number of hydrogen-bond donors (Lipinski definition) is 0. The summed E-state index contributed by atoms with van der Waals surface area (Å²) in [6.45, 7) is 3.14. The van der Waals surface area contributed by atoms with E-state index in [2.05, 4.69) is 9.97 Å². The van der Waals surface area contributed by atoms with E-state index < -0.39 is 14.9 Å². The molecule has 10 heteroatoms. The molecule has 4 aromatic rings. The first-order valence-corrected chi connectivity index (χ1v) is 13.9. The smallest absolute Gasteiger partial charge is 0.211 e. The zero-order valence-electron chi connectivity index (χ0n) is 19.2. The van der Waals surface area contributed by atoms with Crippen LogP contribution in [0.5, 0.6) is 0 Å². The van der Waals surface area contributed by atoms with Crippen LogP contribution >= 0.6 is 23.2 Å². The third kappa shape index (κ3) is 4.93. The molecule has 1 saturated heterocycles. The Morgan fingerprint density at radius 1 is 0.857 bits per heavy atom. The molecule has 182 valence electrons. The first-order valence-electron chi connectivity index (χ1n) is 11.6.